The molecule has 1 N–H and O–H groups in total. The topological polar surface area (TPSA) is 29.1 Å². The van der Waals surface area contributed by atoms with Crippen LogP contribution in [0.1, 0.15) is 37.3 Å². The summed E-state index contributed by atoms with van der Waals surface area (Å²) in [6.45, 7) is 1.99. The lowest BCUT2D eigenvalue weighted by atomic mass is 9.91. The van der Waals surface area contributed by atoms with Crippen molar-refractivity contribution >= 4 is 5.91 Å². The first-order chi connectivity index (χ1) is 7.98. The third-order valence-corrected chi connectivity index (χ3v) is 3.17. The van der Waals surface area contributed by atoms with Crippen LogP contribution in [0.4, 0.5) is 8.78 Å². The SMILES string of the molecule is CC1(Cc2ccc(C(F)F)cc2)CCC(=O)N1. The number of carbonyl (C=O) groups is 1. The molecule has 1 heterocycles. The zero-order valence-electron chi connectivity index (χ0n) is 9.67. The van der Waals surface area contributed by atoms with E-state index in [9.17, 15) is 13.6 Å². The van der Waals surface area contributed by atoms with Crippen LogP contribution in [0.15, 0.2) is 24.3 Å². The molecule has 0 spiro atoms. The van der Waals surface area contributed by atoms with Crippen LogP contribution in [-0.2, 0) is 11.2 Å². The van der Waals surface area contributed by atoms with Crippen LogP contribution in [0, 0.1) is 0 Å². The lowest BCUT2D eigenvalue weighted by Crippen LogP contribution is -2.40. The quantitative estimate of drug-likeness (QED) is 0.863. The Morgan fingerprint density at radius 2 is 2.00 bits per heavy atom. The van der Waals surface area contributed by atoms with E-state index in [2.05, 4.69) is 5.32 Å². The highest BCUT2D eigenvalue weighted by atomic mass is 19.3. The molecule has 1 aromatic rings. The van der Waals surface area contributed by atoms with Crippen molar-refractivity contribution in [3.05, 3.63) is 35.4 Å². The average Bonchev–Trinajstić information content (AvgIpc) is 2.59. The van der Waals surface area contributed by atoms with Gasteiger partial charge in [0.1, 0.15) is 0 Å². The Labute approximate surface area is 99.0 Å². The highest BCUT2D eigenvalue weighted by Crippen LogP contribution is 2.25. The molecule has 1 saturated heterocycles. The summed E-state index contributed by atoms with van der Waals surface area (Å²) < 4.78 is 24.7. The molecule has 0 saturated carbocycles. The monoisotopic (exact) mass is 239 g/mol. The lowest BCUT2D eigenvalue weighted by Gasteiger charge is -2.24. The summed E-state index contributed by atoms with van der Waals surface area (Å²) in [5.41, 5.74) is 0.775. The van der Waals surface area contributed by atoms with Crippen LogP contribution < -0.4 is 5.32 Å². The van der Waals surface area contributed by atoms with Gasteiger partial charge in [0.2, 0.25) is 5.91 Å². The van der Waals surface area contributed by atoms with Gasteiger partial charge in [0.15, 0.2) is 0 Å². The molecule has 0 bridgehead atoms. The number of nitrogens with one attached hydrogen (secondary N) is 1. The maximum atomic E-state index is 12.4. The van der Waals surface area contributed by atoms with Gasteiger partial charge in [-0.2, -0.15) is 0 Å². The Morgan fingerprint density at radius 1 is 1.35 bits per heavy atom. The zero-order chi connectivity index (χ0) is 12.5. The first-order valence-electron chi connectivity index (χ1n) is 5.66. The van der Waals surface area contributed by atoms with Crippen LogP contribution >= 0.6 is 0 Å². The molecule has 0 aromatic heterocycles. The number of alkyl halides is 2. The Hall–Kier alpha value is -1.45. The van der Waals surface area contributed by atoms with Gasteiger partial charge in [-0.15, -0.1) is 0 Å². The Morgan fingerprint density at radius 3 is 2.47 bits per heavy atom. The molecule has 0 radical (unpaired) electrons. The molecule has 2 nitrogen and oxygen atoms in total. The number of carbonyl (C=O) groups excluding carboxylic acids is 1. The predicted molar refractivity (Wildman–Crippen MR) is 60.9 cm³/mol. The summed E-state index contributed by atoms with van der Waals surface area (Å²) >= 11 is 0. The molecule has 2 rings (SSSR count). The molecule has 17 heavy (non-hydrogen) atoms. The van der Waals surface area contributed by atoms with E-state index in [1.54, 1.807) is 12.1 Å². The van der Waals surface area contributed by atoms with Crippen molar-refractivity contribution in [1.29, 1.82) is 0 Å². The van der Waals surface area contributed by atoms with Gasteiger partial charge in [0.05, 0.1) is 0 Å². The number of amides is 1. The fourth-order valence-electron chi connectivity index (χ4n) is 2.22. The van der Waals surface area contributed by atoms with Gasteiger partial charge in [0, 0.05) is 17.5 Å². The van der Waals surface area contributed by atoms with E-state index in [1.165, 1.54) is 12.1 Å². The van der Waals surface area contributed by atoms with Crippen LogP contribution in [0.2, 0.25) is 0 Å². The lowest BCUT2D eigenvalue weighted by molar-refractivity contribution is -0.119. The number of benzene rings is 1. The van der Waals surface area contributed by atoms with E-state index in [4.69, 9.17) is 0 Å². The summed E-state index contributed by atoms with van der Waals surface area (Å²) in [6, 6.07) is 6.30. The van der Waals surface area contributed by atoms with Gasteiger partial charge in [-0.1, -0.05) is 24.3 Å². The third-order valence-electron chi connectivity index (χ3n) is 3.17. The normalized spacial score (nSPS) is 24.1. The molecule has 1 aliphatic rings. The Bertz CT molecular complexity index is 416. The summed E-state index contributed by atoms with van der Waals surface area (Å²) in [5.74, 6) is 0.0664. The minimum atomic E-state index is -2.43. The maximum Gasteiger partial charge on any atom is 0.263 e. The largest absolute Gasteiger partial charge is 0.351 e. The van der Waals surface area contributed by atoms with Crippen LogP contribution in [-0.4, -0.2) is 11.4 Å². The minimum absolute atomic E-state index is 0.0364. The molecule has 1 aromatic carbocycles. The molecule has 1 unspecified atom stereocenters. The predicted octanol–water partition coefficient (Wildman–Crippen LogP) is 2.84. The highest BCUT2D eigenvalue weighted by Gasteiger charge is 2.32. The van der Waals surface area contributed by atoms with Gasteiger partial charge >= 0.3 is 0 Å². The highest BCUT2D eigenvalue weighted by molar-refractivity contribution is 5.79. The first kappa shape index (κ1) is 12.0. The van der Waals surface area contributed by atoms with Crippen LogP contribution in [0.25, 0.3) is 0 Å². The van der Waals surface area contributed by atoms with Gasteiger partial charge < -0.3 is 5.32 Å². The van der Waals surface area contributed by atoms with Gasteiger partial charge in [-0.25, -0.2) is 8.78 Å². The molecule has 1 atom stereocenters. The fourth-order valence-corrected chi connectivity index (χ4v) is 2.22. The summed E-state index contributed by atoms with van der Waals surface area (Å²) in [4.78, 5) is 11.2. The van der Waals surface area contributed by atoms with E-state index in [0.717, 1.165) is 12.0 Å². The molecular formula is C13H15F2NO. The Balaban J connectivity index is 2.06. The number of halogens is 2. The summed E-state index contributed by atoms with van der Waals surface area (Å²) in [5, 5.41) is 2.93. The smallest absolute Gasteiger partial charge is 0.263 e. The van der Waals surface area contributed by atoms with Crippen molar-refractivity contribution in [3.8, 4) is 0 Å². The maximum absolute atomic E-state index is 12.4. The molecule has 1 fully saturated rings. The average molecular weight is 239 g/mol. The van der Waals surface area contributed by atoms with E-state index < -0.39 is 6.43 Å². The minimum Gasteiger partial charge on any atom is -0.351 e. The fraction of sp³-hybridized carbons (Fsp3) is 0.462. The van der Waals surface area contributed by atoms with Crippen molar-refractivity contribution in [2.45, 2.75) is 38.2 Å². The summed E-state index contributed by atoms with van der Waals surface area (Å²) in [7, 11) is 0. The number of hydrogen-bond donors (Lipinski definition) is 1. The standard InChI is InChI=1S/C13H15F2NO/c1-13(7-6-11(17)16-13)8-9-2-4-10(5-3-9)12(14)15/h2-5,12H,6-8H2,1H3,(H,16,17). The number of rotatable bonds is 3. The van der Waals surface area contributed by atoms with Crippen molar-refractivity contribution in [2.75, 3.05) is 0 Å². The van der Waals surface area contributed by atoms with E-state index in [1.807, 2.05) is 6.92 Å². The van der Waals surface area contributed by atoms with E-state index in [0.29, 0.717) is 12.8 Å². The van der Waals surface area contributed by atoms with Crippen LogP contribution in [0.3, 0.4) is 0 Å². The number of hydrogen-bond acceptors (Lipinski definition) is 1. The van der Waals surface area contributed by atoms with E-state index >= 15 is 0 Å². The summed E-state index contributed by atoms with van der Waals surface area (Å²) in [6.07, 6.45) is -0.401. The third kappa shape index (κ3) is 2.81. The van der Waals surface area contributed by atoms with Gasteiger partial charge in [-0.05, 0) is 25.3 Å². The van der Waals surface area contributed by atoms with Gasteiger partial charge in [-0.3, -0.25) is 4.79 Å². The second kappa shape index (κ2) is 4.43. The van der Waals surface area contributed by atoms with Crippen LogP contribution in [0.5, 0.6) is 0 Å². The molecule has 92 valence electrons. The second-order valence-corrected chi connectivity index (χ2v) is 4.83. The molecule has 0 aliphatic carbocycles. The molecule has 1 amide bonds. The van der Waals surface area contributed by atoms with Crippen molar-refractivity contribution in [2.24, 2.45) is 0 Å². The zero-order valence-corrected chi connectivity index (χ0v) is 9.67. The van der Waals surface area contributed by atoms with Crippen molar-refractivity contribution in [3.63, 3.8) is 0 Å². The van der Waals surface area contributed by atoms with Crippen molar-refractivity contribution in [1.82, 2.24) is 5.32 Å². The van der Waals surface area contributed by atoms with Gasteiger partial charge in [0.25, 0.3) is 6.43 Å². The molecule has 1 aliphatic heterocycles. The van der Waals surface area contributed by atoms with E-state index in [-0.39, 0.29) is 17.0 Å². The second-order valence-electron chi connectivity index (χ2n) is 4.83. The first-order valence-corrected chi connectivity index (χ1v) is 5.66. The van der Waals surface area contributed by atoms with Crippen molar-refractivity contribution < 1.29 is 13.6 Å². The molecular weight excluding hydrogens is 224 g/mol. The Kier molecular flexibility index (Phi) is 3.13. The molecule has 4 heteroatoms.